The van der Waals surface area contributed by atoms with Crippen LogP contribution >= 0.6 is 0 Å². The van der Waals surface area contributed by atoms with Crippen LogP contribution in [0.2, 0.25) is 0 Å². The summed E-state index contributed by atoms with van der Waals surface area (Å²) < 4.78 is 5.29. The lowest BCUT2D eigenvalue weighted by molar-refractivity contribution is -0.143. The van der Waals surface area contributed by atoms with E-state index >= 15 is 0 Å². The number of hydrogen-bond acceptors (Lipinski definition) is 4. The van der Waals surface area contributed by atoms with Gasteiger partial charge in [0.1, 0.15) is 0 Å². The van der Waals surface area contributed by atoms with Gasteiger partial charge in [-0.3, -0.25) is 14.5 Å². The van der Waals surface area contributed by atoms with E-state index in [0.29, 0.717) is 18.9 Å². The molecule has 2 spiro atoms. The summed E-state index contributed by atoms with van der Waals surface area (Å²) in [6.45, 7) is 5.68. The zero-order valence-electron chi connectivity index (χ0n) is 17.7. The second-order valence-corrected chi connectivity index (χ2v) is 9.09. The van der Waals surface area contributed by atoms with E-state index in [1.165, 1.54) is 0 Å². The highest BCUT2D eigenvalue weighted by Crippen LogP contribution is 2.57. The summed E-state index contributed by atoms with van der Waals surface area (Å²) >= 11 is 0. The van der Waals surface area contributed by atoms with Gasteiger partial charge in [-0.2, -0.15) is 0 Å². The number of piperidine rings is 1. The van der Waals surface area contributed by atoms with Crippen LogP contribution in [0.5, 0.6) is 0 Å². The maximum absolute atomic E-state index is 13.3. The van der Waals surface area contributed by atoms with Crippen molar-refractivity contribution in [2.75, 3.05) is 60.0 Å². The van der Waals surface area contributed by atoms with Gasteiger partial charge in [0.25, 0.3) is 0 Å². The van der Waals surface area contributed by atoms with E-state index in [1.54, 1.807) is 7.11 Å². The minimum absolute atomic E-state index is 0.0217. The molecule has 3 saturated heterocycles. The van der Waals surface area contributed by atoms with Crippen LogP contribution < -0.4 is 0 Å². The second kappa shape index (κ2) is 8.07. The van der Waals surface area contributed by atoms with Crippen LogP contribution in [0.25, 0.3) is 0 Å². The van der Waals surface area contributed by atoms with Crippen molar-refractivity contribution in [3.63, 3.8) is 0 Å². The summed E-state index contributed by atoms with van der Waals surface area (Å²) in [5, 5.41) is 0. The second-order valence-electron chi connectivity index (χ2n) is 9.09. The SMILES string of the molecule is COCCN1CC2(CCN(C(=O)Cc3ccccc3)CC2)C2(CCN(C)C2=O)C1. The van der Waals surface area contributed by atoms with Gasteiger partial charge in [0.05, 0.1) is 18.4 Å². The van der Waals surface area contributed by atoms with Gasteiger partial charge < -0.3 is 14.5 Å². The summed E-state index contributed by atoms with van der Waals surface area (Å²) in [5.41, 5.74) is 0.754. The molecule has 3 aliphatic rings. The minimum atomic E-state index is -0.288. The standard InChI is InChI=1S/C23H33N3O3/c1-24-11-10-23(21(24)28)18-25(14-15-29-2)17-22(23)8-12-26(13-9-22)20(27)16-19-6-4-3-5-7-19/h3-7H,8-18H2,1-2H3. The molecule has 6 nitrogen and oxygen atoms in total. The molecule has 0 bridgehead atoms. The number of fused-ring (bicyclic) bond motifs is 1. The number of likely N-dealkylation sites (tertiary alicyclic amines) is 3. The summed E-state index contributed by atoms with van der Waals surface area (Å²) in [5.74, 6) is 0.505. The first-order valence-corrected chi connectivity index (χ1v) is 10.8. The van der Waals surface area contributed by atoms with E-state index in [1.807, 2.05) is 47.2 Å². The Morgan fingerprint density at radius 1 is 1.07 bits per heavy atom. The quantitative estimate of drug-likeness (QED) is 0.756. The van der Waals surface area contributed by atoms with Crippen LogP contribution in [0.4, 0.5) is 0 Å². The minimum Gasteiger partial charge on any atom is -0.383 e. The molecule has 1 aromatic rings. The highest BCUT2D eigenvalue weighted by Gasteiger charge is 2.64. The Morgan fingerprint density at radius 2 is 1.79 bits per heavy atom. The molecule has 0 saturated carbocycles. The molecule has 1 unspecified atom stereocenters. The zero-order chi connectivity index (χ0) is 20.5. The molecular weight excluding hydrogens is 366 g/mol. The highest BCUT2D eigenvalue weighted by atomic mass is 16.5. The van der Waals surface area contributed by atoms with E-state index in [-0.39, 0.29) is 16.7 Å². The Balaban J connectivity index is 1.47. The van der Waals surface area contributed by atoms with Crippen molar-refractivity contribution in [1.82, 2.24) is 14.7 Å². The third kappa shape index (κ3) is 3.57. The number of amides is 2. The zero-order valence-corrected chi connectivity index (χ0v) is 17.7. The first-order valence-electron chi connectivity index (χ1n) is 10.8. The van der Waals surface area contributed by atoms with Crippen molar-refractivity contribution in [2.45, 2.75) is 25.7 Å². The van der Waals surface area contributed by atoms with Crippen LogP contribution in [-0.2, 0) is 20.7 Å². The van der Waals surface area contributed by atoms with Crippen molar-refractivity contribution in [3.05, 3.63) is 35.9 Å². The summed E-state index contributed by atoms with van der Waals surface area (Å²) in [4.78, 5) is 32.4. The smallest absolute Gasteiger partial charge is 0.230 e. The fraction of sp³-hybridized carbons (Fsp3) is 0.652. The maximum Gasteiger partial charge on any atom is 0.230 e. The number of carbonyl (C=O) groups is 2. The van der Waals surface area contributed by atoms with Gasteiger partial charge in [-0.15, -0.1) is 0 Å². The molecule has 0 radical (unpaired) electrons. The molecule has 4 rings (SSSR count). The number of nitrogens with zero attached hydrogens (tertiary/aromatic N) is 3. The fourth-order valence-electron chi connectivity index (χ4n) is 5.84. The summed E-state index contributed by atoms with van der Waals surface area (Å²) in [6, 6.07) is 9.95. The highest BCUT2D eigenvalue weighted by molar-refractivity contribution is 5.86. The molecule has 3 heterocycles. The number of methoxy groups -OCH3 is 1. The molecule has 1 atom stereocenters. The Kier molecular flexibility index (Phi) is 5.67. The third-order valence-corrected chi connectivity index (χ3v) is 7.55. The van der Waals surface area contributed by atoms with Gasteiger partial charge in [-0.1, -0.05) is 30.3 Å². The number of hydrogen-bond donors (Lipinski definition) is 0. The third-order valence-electron chi connectivity index (χ3n) is 7.55. The maximum atomic E-state index is 13.3. The average Bonchev–Trinajstić information content (AvgIpc) is 3.20. The average molecular weight is 400 g/mol. The number of ether oxygens (including phenoxy) is 1. The molecule has 3 fully saturated rings. The predicted molar refractivity (Wildman–Crippen MR) is 111 cm³/mol. The molecule has 2 amide bonds. The molecule has 0 aromatic heterocycles. The molecule has 1 aromatic carbocycles. The van der Waals surface area contributed by atoms with E-state index < -0.39 is 0 Å². The molecule has 6 heteroatoms. The normalized spacial score (nSPS) is 26.8. The molecule has 3 aliphatic heterocycles. The Morgan fingerprint density at radius 3 is 2.41 bits per heavy atom. The molecule has 158 valence electrons. The first-order chi connectivity index (χ1) is 14.0. The van der Waals surface area contributed by atoms with Crippen molar-refractivity contribution >= 4 is 11.8 Å². The predicted octanol–water partition coefficient (Wildman–Crippen LogP) is 1.65. The lowest BCUT2D eigenvalue weighted by Crippen LogP contribution is -2.53. The largest absolute Gasteiger partial charge is 0.383 e. The van der Waals surface area contributed by atoms with E-state index in [2.05, 4.69) is 4.90 Å². The van der Waals surface area contributed by atoms with Crippen molar-refractivity contribution in [2.24, 2.45) is 10.8 Å². The van der Waals surface area contributed by atoms with Crippen LogP contribution in [0.3, 0.4) is 0 Å². The van der Waals surface area contributed by atoms with Gasteiger partial charge in [0.2, 0.25) is 11.8 Å². The first kappa shape index (κ1) is 20.4. The monoisotopic (exact) mass is 399 g/mol. The van der Waals surface area contributed by atoms with Crippen LogP contribution in [-0.4, -0.2) is 86.5 Å². The van der Waals surface area contributed by atoms with Gasteiger partial charge in [0.15, 0.2) is 0 Å². The number of rotatable bonds is 5. The van der Waals surface area contributed by atoms with Crippen LogP contribution in [0, 0.1) is 10.8 Å². The molecule has 29 heavy (non-hydrogen) atoms. The van der Waals surface area contributed by atoms with Crippen molar-refractivity contribution < 1.29 is 14.3 Å². The van der Waals surface area contributed by atoms with Crippen molar-refractivity contribution in [1.29, 1.82) is 0 Å². The van der Waals surface area contributed by atoms with E-state index in [0.717, 1.165) is 64.1 Å². The lowest BCUT2D eigenvalue weighted by atomic mass is 9.60. The fourth-order valence-corrected chi connectivity index (χ4v) is 5.84. The Labute approximate surface area is 173 Å². The molecule has 0 N–H and O–H groups in total. The lowest BCUT2D eigenvalue weighted by Gasteiger charge is -2.47. The Bertz CT molecular complexity index is 745. The molecule has 0 aliphatic carbocycles. The summed E-state index contributed by atoms with van der Waals surface area (Å²) in [7, 11) is 3.66. The van der Waals surface area contributed by atoms with Crippen LogP contribution in [0.1, 0.15) is 24.8 Å². The van der Waals surface area contributed by atoms with Gasteiger partial charge in [-0.25, -0.2) is 0 Å². The van der Waals surface area contributed by atoms with Gasteiger partial charge in [-0.05, 0) is 24.8 Å². The molecular formula is C23H33N3O3. The van der Waals surface area contributed by atoms with E-state index in [9.17, 15) is 9.59 Å². The summed E-state index contributed by atoms with van der Waals surface area (Å²) in [6.07, 6.45) is 3.22. The number of carbonyl (C=O) groups excluding carboxylic acids is 2. The Hall–Kier alpha value is -1.92. The van der Waals surface area contributed by atoms with Gasteiger partial charge >= 0.3 is 0 Å². The van der Waals surface area contributed by atoms with Gasteiger partial charge in [0, 0.05) is 58.8 Å². The van der Waals surface area contributed by atoms with Crippen LogP contribution in [0.15, 0.2) is 30.3 Å². The number of benzene rings is 1. The topological polar surface area (TPSA) is 53.1 Å². The van der Waals surface area contributed by atoms with Crippen molar-refractivity contribution in [3.8, 4) is 0 Å². The van der Waals surface area contributed by atoms with E-state index in [4.69, 9.17) is 4.74 Å².